The predicted molar refractivity (Wildman–Crippen MR) is 65.2 cm³/mol. The van der Waals surface area contributed by atoms with Crippen molar-refractivity contribution in [2.75, 3.05) is 0 Å². The van der Waals surface area contributed by atoms with Crippen molar-refractivity contribution >= 4 is 17.8 Å². The quantitative estimate of drug-likeness (QED) is 0.576. The summed E-state index contributed by atoms with van der Waals surface area (Å²) < 4.78 is 0. The third kappa shape index (κ3) is 5.53. The van der Waals surface area contributed by atoms with Gasteiger partial charge in [0.05, 0.1) is 0 Å². The number of phenols is 1. The average Bonchev–Trinajstić information content (AvgIpc) is 2.36. The van der Waals surface area contributed by atoms with Crippen LogP contribution in [0.15, 0.2) is 24.3 Å². The molecule has 0 atom stereocenters. The van der Waals surface area contributed by atoms with Crippen molar-refractivity contribution in [2.24, 2.45) is 0 Å². The number of carbonyl (C=O) groups is 3. The average molecular weight is 266 g/mol. The van der Waals surface area contributed by atoms with Crippen molar-refractivity contribution in [2.45, 2.75) is 19.3 Å². The molecular weight excluding hydrogens is 252 g/mol. The normalized spacial score (nSPS) is 9.68. The van der Waals surface area contributed by atoms with Gasteiger partial charge >= 0.3 is 5.97 Å². The number of aromatic hydroxyl groups is 1. The van der Waals surface area contributed by atoms with Crippen LogP contribution in [0.1, 0.15) is 29.6 Å². The van der Waals surface area contributed by atoms with Crippen LogP contribution in [0.25, 0.3) is 0 Å². The number of carboxylic acid groups (broad SMARTS) is 1. The van der Waals surface area contributed by atoms with Crippen LogP contribution in [0.2, 0.25) is 0 Å². The topological polar surface area (TPSA) is 116 Å². The van der Waals surface area contributed by atoms with E-state index in [1.807, 2.05) is 0 Å². The van der Waals surface area contributed by atoms with Gasteiger partial charge in [-0.3, -0.25) is 25.2 Å². The van der Waals surface area contributed by atoms with E-state index >= 15 is 0 Å². The van der Waals surface area contributed by atoms with Gasteiger partial charge in [0.2, 0.25) is 5.91 Å². The Morgan fingerprint density at radius 2 is 1.63 bits per heavy atom. The molecule has 0 bridgehead atoms. The summed E-state index contributed by atoms with van der Waals surface area (Å²) in [6.07, 6.45) is 0.123. The standard InChI is InChI=1S/C12H14N2O5/c15-9-6-4-8(5-7-9)12(19)14-13-10(16)2-1-3-11(17)18/h4-7,15H,1-3H2,(H,13,16)(H,14,19)(H,17,18). The van der Waals surface area contributed by atoms with Crippen molar-refractivity contribution in [1.29, 1.82) is 0 Å². The molecule has 0 unspecified atom stereocenters. The first-order valence-corrected chi connectivity index (χ1v) is 5.59. The SMILES string of the molecule is O=C(O)CCCC(=O)NNC(=O)c1ccc(O)cc1. The Labute approximate surface area is 109 Å². The molecule has 0 saturated heterocycles. The van der Waals surface area contributed by atoms with Crippen LogP contribution in [-0.4, -0.2) is 28.0 Å². The Bertz CT molecular complexity index is 470. The van der Waals surface area contributed by atoms with E-state index < -0.39 is 17.8 Å². The first-order valence-electron chi connectivity index (χ1n) is 5.59. The van der Waals surface area contributed by atoms with Crippen molar-refractivity contribution < 1.29 is 24.6 Å². The summed E-state index contributed by atoms with van der Waals surface area (Å²) in [7, 11) is 0. The predicted octanol–water partition coefficient (Wildman–Crippen LogP) is 0.408. The summed E-state index contributed by atoms with van der Waals surface area (Å²) >= 11 is 0. The molecule has 0 aromatic heterocycles. The van der Waals surface area contributed by atoms with E-state index in [0.29, 0.717) is 0 Å². The fourth-order valence-corrected chi connectivity index (χ4v) is 1.27. The van der Waals surface area contributed by atoms with Gasteiger partial charge in [0.25, 0.3) is 5.91 Å². The van der Waals surface area contributed by atoms with E-state index in [-0.39, 0.29) is 30.6 Å². The Morgan fingerprint density at radius 1 is 1.00 bits per heavy atom. The summed E-state index contributed by atoms with van der Waals surface area (Å²) in [4.78, 5) is 33.0. The Morgan fingerprint density at radius 3 is 2.21 bits per heavy atom. The maximum Gasteiger partial charge on any atom is 0.303 e. The molecule has 0 saturated carbocycles. The molecule has 19 heavy (non-hydrogen) atoms. The highest BCUT2D eigenvalue weighted by molar-refractivity contribution is 5.95. The molecule has 0 fully saturated rings. The van der Waals surface area contributed by atoms with E-state index in [9.17, 15) is 14.4 Å². The highest BCUT2D eigenvalue weighted by Crippen LogP contribution is 2.08. The van der Waals surface area contributed by atoms with Crippen LogP contribution in [0.5, 0.6) is 5.75 Å². The van der Waals surface area contributed by atoms with Crippen LogP contribution in [-0.2, 0) is 9.59 Å². The molecule has 2 amide bonds. The monoisotopic (exact) mass is 266 g/mol. The number of hydrazine groups is 1. The number of nitrogens with one attached hydrogen (secondary N) is 2. The third-order valence-corrected chi connectivity index (χ3v) is 2.24. The van der Waals surface area contributed by atoms with E-state index in [1.165, 1.54) is 24.3 Å². The van der Waals surface area contributed by atoms with Crippen LogP contribution < -0.4 is 10.9 Å². The molecule has 7 heteroatoms. The van der Waals surface area contributed by atoms with Gasteiger partial charge in [-0.15, -0.1) is 0 Å². The number of aliphatic carboxylic acids is 1. The van der Waals surface area contributed by atoms with Gasteiger partial charge in [-0.2, -0.15) is 0 Å². The lowest BCUT2D eigenvalue weighted by atomic mass is 10.2. The highest BCUT2D eigenvalue weighted by Gasteiger charge is 2.07. The van der Waals surface area contributed by atoms with Gasteiger partial charge in [0, 0.05) is 18.4 Å². The molecule has 0 aliphatic heterocycles. The number of amides is 2. The molecule has 1 aromatic rings. The summed E-state index contributed by atoms with van der Waals surface area (Å²) in [5.74, 6) is -1.92. The van der Waals surface area contributed by atoms with Gasteiger partial charge in [-0.05, 0) is 30.7 Å². The number of hydrogen-bond acceptors (Lipinski definition) is 4. The summed E-state index contributed by atoms with van der Waals surface area (Å²) in [6, 6.07) is 5.51. The zero-order chi connectivity index (χ0) is 14.3. The molecule has 0 aliphatic rings. The van der Waals surface area contributed by atoms with Crippen LogP contribution >= 0.6 is 0 Å². The first kappa shape index (κ1) is 14.5. The molecule has 0 heterocycles. The fourth-order valence-electron chi connectivity index (χ4n) is 1.27. The molecule has 0 spiro atoms. The minimum absolute atomic E-state index is 0.0160. The fraction of sp³-hybridized carbons (Fsp3) is 0.250. The molecule has 0 radical (unpaired) electrons. The number of benzene rings is 1. The Kier molecular flexibility index (Phi) is 5.34. The van der Waals surface area contributed by atoms with Gasteiger partial charge < -0.3 is 10.2 Å². The van der Waals surface area contributed by atoms with E-state index in [0.717, 1.165) is 0 Å². The second-order valence-corrected chi connectivity index (χ2v) is 3.80. The van der Waals surface area contributed by atoms with E-state index in [4.69, 9.17) is 10.2 Å². The number of rotatable bonds is 5. The summed E-state index contributed by atoms with van der Waals surface area (Å²) in [6.45, 7) is 0. The van der Waals surface area contributed by atoms with Gasteiger partial charge in [0.1, 0.15) is 5.75 Å². The lowest BCUT2D eigenvalue weighted by molar-refractivity contribution is -0.137. The Balaban J connectivity index is 2.31. The smallest absolute Gasteiger partial charge is 0.303 e. The van der Waals surface area contributed by atoms with Gasteiger partial charge in [-0.1, -0.05) is 0 Å². The van der Waals surface area contributed by atoms with Crippen molar-refractivity contribution in [3.05, 3.63) is 29.8 Å². The maximum absolute atomic E-state index is 11.5. The number of hydrogen-bond donors (Lipinski definition) is 4. The molecule has 0 aliphatic carbocycles. The van der Waals surface area contributed by atoms with Gasteiger partial charge in [-0.25, -0.2) is 0 Å². The van der Waals surface area contributed by atoms with Crippen molar-refractivity contribution in [1.82, 2.24) is 10.9 Å². The number of phenolic OH excluding ortho intramolecular Hbond substituents is 1. The van der Waals surface area contributed by atoms with Crippen molar-refractivity contribution in [3.8, 4) is 5.75 Å². The van der Waals surface area contributed by atoms with E-state index in [2.05, 4.69) is 10.9 Å². The first-order chi connectivity index (χ1) is 8.99. The zero-order valence-corrected chi connectivity index (χ0v) is 10.0. The van der Waals surface area contributed by atoms with Crippen LogP contribution in [0.3, 0.4) is 0 Å². The van der Waals surface area contributed by atoms with Gasteiger partial charge in [0.15, 0.2) is 0 Å². The van der Waals surface area contributed by atoms with Crippen LogP contribution in [0.4, 0.5) is 0 Å². The molecule has 1 rings (SSSR count). The maximum atomic E-state index is 11.5. The summed E-state index contributed by atoms with van der Waals surface area (Å²) in [5, 5.41) is 17.4. The van der Waals surface area contributed by atoms with E-state index in [1.54, 1.807) is 0 Å². The second kappa shape index (κ2) is 7.00. The minimum Gasteiger partial charge on any atom is -0.508 e. The molecule has 1 aromatic carbocycles. The number of carboxylic acids is 1. The second-order valence-electron chi connectivity index (χ2n) is 3.80. The Hall–Kier alpha value is -2.57. The largest absolute Gasteiger partial charge is 0.508 e. The lowest BCUT2D eigenvalue weighted by Crippen LogP contribution is -2.41. The van der Waals surface area contributed by atoms with Crippen molar-refractivity contribution in [3.63, 3.8) is 0 Å². The molecule has 102 valence electrons. The molecule has 7 nitrogen and oxygen atoms in total. The number of carbonyl (C=O) groups excluding carboxylic acids is 2. The molecular formula is C12H14N2O5. The lowest BCUT2D eigenvalue weighted by Gasteiger charge is -2.07. The highest BCUT2D eigenvalue weighted by atomic mass is 16.4. The third-order valence-electron chi connectivity index (χ3n) is 2.24. The summed E-state index contributed by atoms with van der Waals surface area (Å²) in [5.41, 5.74) is 4.65. The zero-order valence-electron chi connectivity index (χ0n) is 10.0. The molecule has 4 N–H and O–H groups in total. The van der Waals surface area contributed by atoms with Crippen LogP contribution in [0, 0.1) is 0 Å². The minimum atomic E-state index is -0.971.